The molecule has 0 unspecified atom stereocenters. The van der Waals surface area contributed by atoms with Gasteiger partial charge >= 0.3 is 0 Å². The molecule has 1 N–H and O–H groups in total. The second-order valence-electron chi connectivity index (χ2n) is 11.3. The Morgan fingerprint density at radius 3 is 2.11 bits per heavy atom. The molecule has 37 heavy (non-hydrogen) atoms. The molecule has 0 saturated carbocycles. The number of aliphatic hydroxyl groups is 1. The first-order valence-electron chi connectivity index (χ1n) is 13.2. The van der Waals surface area contributed by atoms with Gasteiger partial charge in [-0.2, -0.15) is 0 Å². The summed E-state index contributed by atoms with van der Waals surface area (Å²) in [5, 5.41) is 10.6. The van der Waals surface area contributed by atoms with Crippen LogP contribution in [0.3, 0.4) is 0 Å². The number of benzene rings is 2. The molecule has 0 spiro atoms. The summed E-state index contributed by atoms with van der Waals surface area (Å²) < 4.78 is 0. The SMILES string of the molecule is CC(C)CC(=O)/C=C(\O)CC(C)C.Cc1[c-]c(-c2cc(CC(C)C)c3cc(C)ccc3n2)cc(C)c1.[Ir]. The molecule has 4 heteroatoms. The molecule has 2 aromatic carbocycles. The quantitative estimate of drug-likeness (QED) is 0.147. The van der Waals surface area contributed by atoms with Crippen molar-refractivity contribution in [1.82, 2.24) is 4.98 Å². The van der Waals surface area contributed by atoms with Crippen molar-refractivity contribution in [2.75, 3.05) is 0 Å². The van der Waals surface area contributed by atoms with Gasteiger partial charge in [0.25, 0.3) is 0 Å². The van der Waals surface area contributed by atoms with Gasteiger partial charge in [-0.3, -0.25) is 9.78 Å². The van der Waals surface area contributed by atoms with E-state index in [1.807, 2.05) is 27.7 Å². The molecule has 0 saturated heterocycles. The Bertz CT molecular complexity index is 1190. The van der Waals surface area contributed by atoms with E-state index in [1.54, 1.807) is 0 Å². The number of hydrogen-bond acceptors (Lipinski definition) is 3. The minimum atomic E-state index is 0. The van der Waals surface area contributed by atoms with Crippen LogP contribution in [0.25, 0.3) is 22.2 Å². The van der Waals surface area contributed by atoms with Crippen LogP contribution in [0, 0.1) is 44.6 Å². The van der Waals surface area contributed by atoms with Crippen molar-refractivity contribution in [3.63, 3.8) is 0 Å². The Morgan fingerprint density at radius 2 is 1.54 bits per heavy atom. The van der Waals surface area contributed by atoms with Crippen molar-refractivity contribution in [3.8, 4) is 11.3 Å². The van der Waals surface area contributed by atoms with E-state index in [9.17, 15) is 9.90 Å². The number of allylic oxidation sites excluding steroid dienone is 2. The summed E-state index contributed by atoms with van der Waals surface area (Å²) >= 11 is 0. The fraction of sp³-hybridized carbons (Fsp3) is 0.455. The maximum absolute atomic E-state index is 11.2. The molecule has 0 aliphatic rings. The first-order chi connectivity index (χ1) is 16.8. The van der Waals surface area contributed by atoms with Gasteiger partial charge < -0.3 is 5.11 Å². The van der Waals surface area contributed by atoms with Crippen LogP contribution >= 0.6 is 0 Å². The van der Waals surface area contributed by atoms with Crippen LogP contribution in [0.4, 0.5) is 0 Å². The van der Waals surface area contributed by atoms with Crippen molar-refractivity contribution < 1.29 is 30.0 Å². The number of rotatable bonds is 8. The summed E-state index contributed by atoms with van der Waals surface area (Å²) in [6.07, 6.45) is 3.53. The van der Waals surface area contributed by atoms with E-state index in [2.05, 4.69) is 77.1 Å². The predicted octanol–water partition coefficient (Wildman–Crippen LogP) is 8.91. The molecule has 0 aliphatic heterocycles. The number of pyridine rings is 1. The average Bonchev–Trinajstić information content (AvgIpc) is 2.72. The molecule has 0 amide bonds. The molecule has 203 valence electrons. The maximum Gasteiger partial charge on any atom is 0.159 e. The van der Waals surface area contributed by atoms with E-state index >= 15 is 0 Å². The Balaban J connectivity index is 0.000000423. The van der Waals surface area contributed by atoms with Gasteiger partial charge in [-0.1, -0.05) is 73.1 Å². The summed E-state index contributed by atoms with van der Waals surface area (Å²) in [5.74, 6) is 1.60. The molecule has 1 aromatic heterocycles. The number of hydrogen-bond donors (Lipinski definition) is 1. The van der Waals surface area contributed by atoms with Crippen LogP contribution in [-0.4, -0.2) is 15.9 Å². The van der Waals surface area contributed by atoms with E-state index in [4.69, 9.17) is 4.98 Å². The number of ketones is 1. The number of aromatic nitrogens is 1. The summed E-state index contributed by atoms with van der Waals surface area (Å²) in [6, 6.07) is 16.6. The van der Waals surface area contributed by atoms with Gasteiger partial charge in [-0.15, -0.1) is 34.9 Å². The average molecular weight is 679 g/mol. The molecule has 0 bridgehead atoms. The number of nitrogens with zero attached hydrogens (tertiary/aromatic N) is 1. The van der Waals surface area contributed by atoms with Crippen LogP contribution in [0.1, 0.15) is 76.6 Å². The van der Waals surface area contributed by atoms with Crippen molar-refractivity contribution >= 4 is 16.7 Å². The Hall–Kier alpha value is -2.29. The van der Waals surface area contributed by atoms with Gasteiger partial charge in [0.1, 0.15) is 0 Å². The molecule has 1 radical (unpaired) electrons. The van der Waals surface area contributed by atoms with Crippen molar-refractivity contribution in [2.45, 2.75) is 81.6 Å². The molecule has 0 atom stereocenters. The van der Waals surface area contributed by atoms with E-state index < -0.39 is 0 Å². The maximum atomic E-state index is 11.2. The second kappa shape index (κ2) is 15.2. The monoisotopic (exact) mass is 679 g/mol. The Kier molecular flexibility index (Phi) is 13.4. The molecule has 0 aliphatic carbocycles. The number of aliphatic hydroxyl groups excluding tert-OH is 1. The number of carbonyl (C=O) groups is 1. The third-order valence-corrected chi connectivity index (χ3v) is 5.66. The zero-order chi connectivity index (χ0) is 27.0. The van der Waals surface area contributed by atoms with Crippen molar-refractivity contribution in [3.05, 3.63) is 76.6 Å². The first-order valence-corrected chi connectivity index (χ1v) is 13.2. The third-order valence-electron chi connectivity index (χ3n) is 5.66. The molecule has 0 fully saturated rings. The van der Waals surface area contributed by atoms with Gasteiger partial charge in [-0.05, 0) is 54.5 Å². The van der Waals surface area contributed by atoms with Crippen molar-refractivity contribution in [1.29, 1.82) is 0 Å². The van der Waals surface area contributed by atoms with Gasteiger partial charge in [-0.25, -0.2) is 0 Å². The fourth-order valence-electron chi connectivity index (χ4n) is 4.31. The summed E-state index contributed by atoms with van der Waals surface area (Å²) in [5.41, 5.74) is 8.30. The molecular weight excluding hydrogens is 635 g/mol. The zero-order valence-electron chi connectivity index (χ0n) is 24.0. The van der Waals surface area contributed by atoms with Crippen LogP contribution < -0.4 is 0 Å². The van der Waals surface area contributed by atoms with Crippen LogP contribution in [0.2, 0.25) is 0 Å². The molecule has 3 nitrogen and oxygen atoms in total. The molecular formula is C33H44IrNO2-. The predicted molar refractivity (Wildman–Crippen MR) is 153 cm³/mol. The van der Waals surface area contributed by atoms with Crippen LogP contribution in [0.15, 0.2) is 48.2 Å². The minimum absolute atomic E-state index is 0. The topological polar surface area (TPSA) is 50.2 Å². The molecule has 1 heterocycles. The normalized spacial score (nSPS) is 11.5. The Morgan fingerprint density at radius 1 is 0.892 bits per heavy atom. The number of carbonyl (C=O) groups excluding carboxylic acids is 1. The van der Waals surface area contributed by atoms with Crippen LogP contribution in [0.5, 0.6) is 0 Å². The molecule has 3 aromatic rings. The Labute approximate surface area is 238 Å². The smallest absolute Gasteiger partial charge is 0.159 e. The van der Waals surface area contributed by atoms with E-state index in [0.717, 1.165) is 28.8 Å². The van der Waals surface area contributed by atoms with Gasteiger partial charge in [0, 0.05) is 44.4 Å². The molecule has 3 rings (SSSR count). The number of fused-ring (bicyclic) bond motifs is 1. The standard InChI is InChI=1S/C22H24N.C11H20O2.Ir/c1-14(2)8-18-13-22(19-10-16(4)9-17(5)11-19)23-21-7-6-15(3)12-20(18)21;1-8(2)5-10(12)7-11(13)6-9(3)4;/h6-7,9-10,12-14H,8H2,1-5H3;7-9,12H,5-6H2,1-4H3;/q-1;;/b;10-7-;. The zero-order valence-corrected chi connectivity index (χ0v) is 26.4. The van der Waals surface area contributed by atoms with Crippen molar-refractivity contribution in [2.24, 2.45) is 17.8 Å². The first kappa shape index (κ1) is 32.7. The van der Waals surface area contributed by atoms with Crippen LogP contribution in [-0.2, 0) is 31.3 Å². The minimum Gasteiger partial charge on any atom is -0.512 e. The summed E-state index contributed by atoms with van der Waals surface area (Å²) in [6.45, 7) is 18.9. The summed E-state index contributed by atoms with van der Waals surface area (Å²) in [4.78, 5) is 16.1. The fourth-order valence-corrected chi connectivity index (χ4v) is 4.31. The van der Waals surface area contributed by atoms with Gasteiger partial charge in [0.15, 0.2) is 5.78 Å². The van der Waals surface area contributed by atoms with E-state index in [0.29, 0.717) is 30.6 Å². The second-order valence-corrected chi connectivity index (χ2v) is 11.3. The largest absolute Gasteiger partial charge is 0.512 e. The number of aryl methyl sites for hydroxylation is 3. The summed E-state index contributed by atoms with van der Waals surface area (Å²) in [7, 11) is 0. The van der Waals surface area contributed by atoms with Gasteiger partial charge in [0.2, 0.25) is 0 Å². The van der Waals surface area contributed by atoms with E-state index in [-0.39, 0.29) is 31.6 Å². The van der Waals surface area contributed by atoms with E-state index in [1.165, 1.54) is 28.2 Å². The third kappa shape index (κ3) is 11.3. The van der Waals surface area contributed by atoms with Gasteiger partial charge in [0.05, 0.1) is 11.3 Å².